The van der Waals surface area contributed by atoms with Gasteiger partial charge in [-0.2, -0.15) is 5.10 Å². The van der Waals surface area contributed by atoms with Crippen LogP contribution < -0.4 is 11.2 Å². The molecule has 0 aliphatic carbocycles. The number of hydrogen-bond acceptors (Lipinski definition) is 4. The number of hydrazone groups is 1. The molecule has 6 heteroatoms. The van der Waals surface area contributed by atoms with Crippen molar-refractivity contribution in [2.75, 3.05) is 5.32 Å². The van der Waals surface area contributed by atoms with Crippen LogP contribution in [0.5, 0.6) is 0 Å². The lowest BCUT2D eigenvalue weighted by atomic mass is 10.2. The molecule has 17 heavy (non-hydrogen) atoms. The Hall–Kier alpha value is -2.37. The smallest absolute Gasteiger partial charge is 0.303 e. The number of carbonyl (C=O) groups excluding carboxylic acids is 1. The fourth-order valence-electron chi connectivity index (χ4n) is 1.18. The molecular formula is C11H13N3O3. The second-order valence-corrected chi connectivity index (χ2v) is 3.34. The molecule has 0 saturated carbocycles. The summed E-state index contributed by atoms with van der Waals surface area (Å²) in [6.07, 6.45) is 1.27. The zero-order chi connectivity index (χ0) is 12.7. The lowest BCUT2D eigenvalue weighted by molar-refractivity contribution is -0.138. The van der Waals surface area contributed by atoms with E-state index in [0.29, 0.717) is 5.69 Å². The summed E-state index contributed by atoms with van der Waals surface area (Å²) < 4.78 is 0. The summed E-state index contributed by atoms with van der Waals surface area (Å²) in [5.74, 6) is 3.67. The zero-order valence-corrected chi connectivity index (χ0v) is 9.09. The van der Waals surface area contributed by atoms with Gasteiger partial charge in [-0.3, -0.25) is 9.59 Å². The minimum Gasteiger partial charge on any atom is -0.481 e. The first-order chi connectivity index (χ1) is 8.11. The fraction of sp³-hybridized carbons (Fsp3) is 0.182. The molecule has 0 unspecified atom stereocenters. The second-order valence-electron chi connectivity index (χ2n) is 3.34. The molecule has 1 amide bonds. The predicted octanol–water partition coefficient (Wildman–Crippen LogP) is 0.782. The van der Waals surface area contributed by atoms with Gasteiger partial charge in [0.2, 0.25) is 5.91 Å². The highest BCUT2D eigenvalue weighted by Gasteiger charge is 2.05. The molecule has 0 heterocycles. The van der Waals surface area contributed by atoms with Gasteiger partial charge in [-0.1, -0.05) is 12.1 Å². The van der Waals surface area contributed by atoms with E-state index in [0.717, 1.165) is 5.56 Å². The van der Waals surface area contributed by atoms with E-state index in [-0.39, 0.29) is 18.7 Å². The van der Waals surface area contributed by atoms with Gasteiger partial charge >= 0.3 is 5.97 Å². The van der Waals surface area contributed by atoms with E-state index in [2.05, 4.69) is 10.4 Å². The minimum absolute atomic E-state index is 0.0403. The number of nitrogens with zero attached hydrogens (tertiary/aromatic N) is 1. The number of aliphatic carboxylic acids is 1. The molecule has 1 rings (SSSR count). The number of benzene rings is 1. The van der Waals surface area contributed by atoms with Gasteiger partial charge in [0, 0.05) is 12.1 Å². The van der Waals surface area contributed by atoms with Crippen molar-refractivity contribution >= 4 is 23.8 Å². The van der Waals surface area contributed by atoms with Crippen molar-refractivity contribution in [1.29, 1.82) is 0 Å². The van der Waals surface area contributed by atoms with E-state index in [1.165, 1.54) is 6.21 Å². The molecule has 0 atom stereocenters. The van der Waals surface area contributed by atoms with Crippen LogP contribution in [0.15, 0.2) is 29.4 Å². The van der Waals surface area contributed by atoms with Crippen molar-refractivity contribution in [3.8, 4) is 0 Å². The van der Waals surface area contributed by atoms with E-state index >= 15 is 0 Å². The van der Waals surface area contributed by atoms with Gasteiger partial charge in [-0.25, -0.2) is 0 Å². The van der Waals surface area contributed by atoms with Crippen LogP contribution in [0.25, 0.3) is 0 Å². The Morgan fingerprint density at radius 3 is 2.47 bits per heavy atom. The number of rotatable bonds is 5. The maximum Gasteiger partial charge on any atom is 0.303 e. The summed E-state index contributed by atoms with van der Waals surface area (Å²) in [7, 11) is 0. The van der Waals surface area contributed by atoms with Gasteiger partial charge in [-0.05, 0) is 17.7 Å². The standard InChI is InChI=1S/C11H13N3O3/c12-13-7-8-1-3-9(4-2-8)14-10(15)5-6-11(16)17/h1-4,7H,5-6,12H2,(H,14,15)(H,16,17). The molecule has 0 spiro atoms. The van der Waals surface area contributed by atoms with E-state index < -0.39 is 5.97 Å². The van der Waals surface area contributed by atoms with E-state index in [1.54, 1.807) is 24.3 Å². The zero-order valence-electron chi connectivity index (χ0n) is 9.09. The van der Waals surface area contributed by atoms with Crippen molar-refractivity contribution in [3.05, 3.63) is 29.8 Å². The summed E-state index contributed by atoms with van der Waals surface area (Å²) in [6, 6.07) is 6.86. The quantitative estimate of drug-likeness (QED) is 0.398. The molecule has 0 saturated heterocycles. The van der Waals surface area contributed by atoms with Gasteiger partial charge in [0.25, 0.3) is 0 Å². The molecule has 1 aromatic rings. The molecule has 0 radical (unpaired) electrons. The molecule has 0 aliphatic heterocycles. The molecule has 4 N–H and O–H groups in total. The lowest BCUT2D eigenvalue weighted by Gasteiger charge is -2.04. The van der Waals surface area contributed by atoms with Crippen molar-refractivity contribution in [2.24, 2.45) is 10.9 Å². The summed E-state index contributed by atoms with van der Waals surface area (Å²) in [5.41, 5.74) is 1.42. The Morgan fingerprint density at radius 2 is 1.94 bits per heavy atom. The highest BCUT2D eigenvalue weighted by molar-refractivity contribution is 5.92. The van der Waals surface area contributed by atoms with Crippen LogP contribution in [-0.4, -0.2) is 23.2 Å². The molecule has 6 nitrogen and oxygen atoms in total. The third kappa shape index (κ3) is 4.78. The van der Waals surface area contributed by atoms with Crippen LogP contribution in [0, 0.1) is 0 Å². The first-order valence-electron chi connectivity index (χ1n) is 4.97. The van der Waals surface area contributed by atoms with Crippen LogP contribution in [0.1, 0.15) is 18.4 Å². The molecule has 0 bridgehead atoms. The van der Waals surface area contributed by atoms with Gasteiger partial charge in [0.15, 0.2) is 0 Å². The van der Waals surface area contributed by atoms with Crippen LogP contribution in [0.2, 0.25) is 0 Å². The molecule has 0 aliphatic rings. The predicted molar refractivity (Wildman–Crippen MR) is 63.7 cm³/mol. The second kappa shape index (κ2) is 6.26. The monoisotopic (exact) mass is 235 g/mol. The van der Waals surface area contributed by atoms with Gasteiger partial charge in [-0.15, -0.1) is 0 Å². The first kappa shape index (κ1) is 12.7. The van der Waals surface area contributed by atoms with Crippen LogP contribution in [-0.2, 0) is 9.59 Å². The van der Waals surface area contributed by atoms with E-state index in [4.69, 9.17) is 10.9 Å². The van der Waals surface area contributed by atoms with Crippen LogP contribution >= 0.6 is 0 Å². The number of carbonyl (C=O) groups is 2. The number of nitrogens with two attached hydrogens (primary N) is 1. The molecule has 1 aromatic carbocycles. The van der Waals surface area contributed by atoms with Crippen LogP contribution in [0.4, 0.5) is 5.69 Å². The number of amides is 1. The van der Waals surface area contributed by atoms with E-state index in [1.807, 2.05) is 0 Å². The van der Waals surface area contributed by atoms with Crippen molar-refractivity contribution in [2.45, 2.75) is 12.8 Å². The summed E-state index contributed by atoms with van der Waals surface area (Å²) in [5, 5.41) is 14.4. The average Bonchev–Trinajstić information content (AvgIpc) is 2.29. The fourth-order valence-corrected chi connectivity index (χ4v) is 1.18. The largest absolute Gasteiger partial charge is 0.481 e. The highest BCUT2D eigenvalue weighted by Crippen LogP contribution is 2.09. The lowest BCUT2D eigenvalue weighted by Crippen LogP contribution is -2.13. The summed E-state index contributed by atoms with van der Waals surface area (Å²) in [4.78, 5) is 21.6. The minimum atomic E-state index is -0.991. The normalized spacial score (nSPS) is 10.4. The molecule has 90 valence electrons. The first-order valence-corrected chi connectivity index (χ1v) is 4.97. The van der Waals surface area contributed by atoms with Gasteiger partial charge in [0.05, 0.1) is 12.6 Å². The number of carboxylic acid groups (broad SMARTS) is 1. The Bertz CT molecular complexity index is 426. The van der Waals surface area contributed by atoms with Crippen LogP contribution in [0.3, 0.4) is 0 Å². The Labute approximate surface area is 98.1 Å². The van der Waals surface area contributed by atoms with Crippen molar-refractivity contribution < 1.29 is 14.7 Å². The number of nitrogens with one attached hydrogen (secondary N) is 1. The Morgan fingerprint density at radius 1 is 1.29 bits per heavy atom. The van der Waals surface area contributed by atoms with Gasteiger partial charge < -0.3 is 16.3 Å². The van der Waals surface area contributed by atoms with Crippen molar-refractivity contribution in [1.82, 2.24) is 0 Å². The number of hydrogen-bond donors (Lipinski definition) is 3. The third-order valence-electron chi connectivity index (χ3n) is 1.98. The molecule has 0 aromatic heterocycles. The van der Waals surface area contributed by atoms with Crippen molar-refractivity contribution in [3.63, 3.8) is 0 Å². The Balaban J connectivity index is 2.51. The Kier molecular flexibility index (Phi) is 4.68. The topological polar surface area (TPSA) is 105 Å². The van der Waals surface area contributed by atoms with E-state index in [9.17, 15) is 9.59 Å². The SMILES string of the molecule is NN=Cc1ccc(NC(=O)CCC(=O)O)cc1. The molecular weight excluding hydrogens is 222 g/mol. The molecule has 0 fully saturated rings. The highest BCUT2D eigenvalue weighted by atomic mass is 16.4. The summed E-state index contributed by atoms with van der Waals surface area (Å²) >= 11 is 0. The average molecular weight is 235 g/mol. The number of anilines is 1. The maximum atomic E-state index is 11.3. The maximum absolute atomic E-state index is 11.3. The summed E-state index contributed by atoms with van der Waals surface area (Å²) in [6.45, 7) is 0. The van der Waals surface area contributed by atoms with Gasteiger partial charge in [0.1, 0.15) is 0 Å². The third-order valence-corrected chi connectivity index (χ3v) is 1.98. The number of carboxylic acids is 1.